The Morgan fingerprint density at radius 1 is 1.12 bits per heavy atom. The van der Waals surface area contributed by atoms with Crippen LogP contribution in [0.2, 0.25) is 0 Å². The largest absolute Gasteiger partial charge is 0.465 e. The maximum absolute atomic E-state index is 12.7. The fourth-order valence-electron chi connectivity index (χ4n) is 4.65. The van der Waals surface area contributed by atoms with Gasteiger partial charge in [0.05, 0.1) is 6.26 Å². The number of hydrogen-bond acceptors (Lipinski definition) is 5. The maximum Gasteiger partial charge on any atom is 0.422 e. The number of esters is 2. The van der Waals surface area contributed by atoms with Crippen LogP contribution in [-0.4, -0.2) is 37.5 Å². The van der Waals surface area contributed by atoms with E-state index in [9.17, 15) is 35.9 Å². The van der Waals surface area contributed by atoms with Gasteiger partial charge in [-0.1, -0.05) is 18.2 Å². The molecule has 182 valence electrons. The second-order valence-corrected chi connectivity index (χ2v) is 8.39. The number of alkyl halides is 6. The minimum absolute atomic E-state index is 0.0392. The predicted molar refractivity (Wildman–Crippen MR) is 102 cm³/mol. The van der Waals surface area contributed by atoms with E-state index >= 15 is 0 Å². The molecule has 0 N–H and O–H groups in total. The van der Waals surface area contributed by atoms with Crippen LogP contribution in [0.15, 0.2) is 41.0 Å². The Kier molecular flexibility index (Phi) is 6.99. The van der Waals surface area contributed by atoms with Crippen LogP contribution in [0.3, 0.4) is 0 Å². The zero-order valence-corrected chi connectivity index (χ0v) is 17.4. The van der Waals surface area contributed by atoms with Crippen molar-refractivity contribution in [3.05, 3.63) is 42.4 Å². The van der Waals surface area contributed by atoms with Crippen molar-refractivity contribution < 1.29 is 49.8 Å². The highest BCUT2D eigenvalue weighted by atomic mass is 19.4. The van der Waals surface area contributed by atoms with E-state index in [-0.39, 0.29) is 31.1 Å². The zero-order chi connectivity index (χ0) is 24.4. The third kappa shape index (κ3) is 6.00. The minimum Gasteiger partial charge on any atom is -0.465 e. The summed E-state index contributed by atoms with van der Waals surface area (Å²) in [6, 6.07) is 3.37. The number of carbonyl (C=O) groups excluding carboxylic acids is 2. The van der Waals surface area contributed by atoms with Gasteiger partial charge in [0, 0.05) is 5.92 Å². The van der Waals surface area contributed by atoms with Crippen LogP contribution >= 0.6 is 0 Å². The van der Waals surface area contributed by atoms with Crippen molar-refractivity contribution in [3.63, 3.8) is 0 Å². The molecule has 0 radical (unpaired) electrons. The topological polar surface area (TPSA) is 65.7 Å². The molecule has 11 heteroatoms. The van der Waals surface area contributed by atoms with Gasteiger partial charge in [-0.3, -0.25) is 9.59 Å². The number of ether oxygens (including phenoxy) is 2. The average Bonchev–Trinajstić information content (AvgIpc) is 3.34. The van der Waals surface area contributed by atoms with Crippen LogP contribution in [0.25, 0.3) is 6.08 Å². The molecule has 1 aromatic heterocycles. The van der Waals surface area contributed by atoms with E-state index in [1.807, 2.05) is 0 Å². The highest BCUT2D eigenvalue weighted by Gasteiger charge is 2.57. The van der Waals surface area contributed by atoms with Crippen molar-refractivity contribution in [2.75, 3.05) is 13.2 Å². The first-order valence-corrected chi connectivity index (χ1v) is 10.2. The van der Waals surface area contributed by atoms with Crippen LogP contribution in [0.1, 0.15) is 31.4 Å². The summed E-state index contributed by atoms with van der Waals surface area (Å²) in [6.07, 6.45) is -4.64. The summed E-state index contributed by atoms with van der Waals surface area (Å²) >= 11 is 0. The average molecular weight is 480 g/mol. The molecule has 2 fully saturated rings. The van der Waals surface area contributed by atoms with Gasteiger partial charge in [0.15, 0.2) is 18.6 Å². The van der Waals surface area contributed by atoms with Gasteiger partial charge in [0.25, 0.3) is 0 Å². The number of rotatable bonds is 6. The number of hydrogen-bond donors (Lipinski definition) is 0. The number of furan rings is 1. The van der Waals surface area contributed by atoms with E-state index in [1.54, 1.807) is 24.3 Å². The SMILES string of the molecule is C=C1C[C@@H]2CCC(C(=O)OCC(F)(F)F)(C(=O)OCC(F)(F)F)C[C@H]2[C@@H]1/C=C/c1ccco1. The van der Waals surface area contributed by atoms with Crippen molar-refractivity contribution in [2.45, 2.75) is 38.0 Å². The van der Waals surface area contributed by atoms with Gasteiger partial charge in [0.1, 0.15) is 5.76 Å². The maximum atomic E-state index is 12.7. The summed E-state index contributed by atoms with van der Waals surface area (Å²) in [5.74, 6) is -3.35. The molecular weight excluding hydrogens is 458 g/mol. The standard InChI is InChI=1S/C22H22F6O5/c1-13-9-14-6-7-20(18(29)32-11-21(23,24)25,19(30)33-12-22(26,27)28)10-17(14)16(13)5-4-15-3-2-8-31-15/h2-5,8,14,16-17H,1,6-7,9-12H2/b5-4+/t14-,16+,17+/m0/s1. The lowest BCUT2D eigenvalue weighted by molar-refractivity contribution is -0.209. The molecular formula is C22H22F6O5. The summed E-state index contributed by atoms with van der Waals surface area (Å²) in [7, 11) is 0. The summed E-state index contributed by atoms with van der Waals surface area (Å²) in [4.78, 5) is 25.4. The Labute approximate surface area is 185 Å². The zero-order valence-electron chi connectivity index (χ0n) is 17.4. The lowest BCUT2D eigenvalue weighted by Crippen LogP contribution is -2.48. The van der Waals surface area contributed by atoms with Crippen molar-refractivity contribution in [3.8, 4) is 0 Å². The van der Waals surface area contributed by atoms with E-state index in [0.717, 1.165) is 5.57 Å². The van der Waals surface area contributed by atoms with E-state index in [0.29, 0.717) is 12.2 Å². The van der Waals surface area contributed by atoms with Crippen molar-refractivity contribution in [1.29, 1.82) is 0 Å². The van der Waals surface area contributed by atoms with Gasteiger partial charge >= 0.3 is 24.3 Å². The van der Waals surface area contributed by atoms with Crippen molar-refractivity contribution >= 4 is 18.0 Å². The first-order valence-electron chi connectivity index (χ1n) is 10.2. The Hall–Kier alpha value is -2.72. The van der Waals surface area contributed by atoms with E-state index in [1.165, 1.54) is 6.26 Å². The van der Waals surface area contributed by atoms with Crippen molar-refractivity contribution in [1.82, 2.24) is 0 Å². The third-order valence-electron chi connectivity index (χ3n) is 6.11. The van der Waals surface area contributed by atoms with Crippen LogP contribution in [0, 0.1) is 23.2 Å². The Bertz CT molecular complexity index is 869. The first kappa shape index (κ1) is 24.9. The molecule has 33 heavy (non-hydrogen) atoms. The molecule has 0 aromatic carbocycles. The molecule has 2 saturated carbocycles. The first-order chi connectivity index (χ1) is 15.3. The molecule has 0 bridgehead atoms. The Morgan fingerprint density at radius 2 is 1.73 bits per heavy atom. The van der Waals surface area contributed by atoms with Crippen LogP contribution in [0.5, 0.6) is 0 Å². The second-order valence-electron chi connectivity index (χ2n) is 8.39. The second kappa shape index (κ2) is 9.26. The third-order valence-corrected chi connectivity index (χ3v) is 6.11. The minimum atomic E-state index is -4.86. The van der Waals surface area contributed by atoms with Gasteiger partial charge < -0.3 is 13.9 Å². The van der Waals surface area contributed by atoms with Crippen LogP contribution < -0.4 is 0 Å². The highest BCUT2D eigenvalue weighted by Crippen LogP contribution is 2.55. The molecule has 3 rings (SSSR count). The Balaban J connectivity index is 1.86. The van der Waals surface area contributed by atoms with Gasteiger partial charge in [0.2, 0.25) is 0 Å². The fourth-order valence-corrected chi connectivity index (χ4v) is 4.65. The number of allylic oxidation sites excluding steroid dienone is 2. The normalized spacial score (nSPS) is 25.2. The summed E-state index contributed by atoms with van der Waals surface area (Å²) < 4.78 is 89.5. The van der Waals surface area contributed by atoms with E-state index in [2.05, 4.69) is 16.1 Å². The van der Waals surface area contributed by atoms with Gasteiger partial charge in [-0.15, -0.1) is 0 Å². The highest BCUT2D eigenvalue weighted by molar-refractivity contribution is 6.00. The molecule has 0 saturated heterocycles. The summed E-state index contributed by atoms with van der Waals surface area (Å²) in [6.45, 7) is 0.112. The van der Waals surface area contributed by atoms with Crippen LogP contribution in [-0.2, 0) is 19.1 Å². The van der Waals surface area contributed by atoms with Gasteiger partial charge in [-0.2, -0.15) is 26.3 Å². The number of carbonyl (C=O) groups is 2. The van der Waals surface area contributed by atoms with Crippen molar-refractivity contribution in [2.24, 2.45) is 23.2 Å². The smallest absolute Gasteiger partial charge is 0.422 e. The molecule has 0 unspecified atom stereocenters. The van der Waals surface area contributed by atoms with E-state index < -0.39 is 48.8 Å². The molecule has 2 aliphatic carbocycles. The molecule has 5 nitrogen and oxygen atoms in total. The monoisotopic (exact) mass is 480 g/mol. The summed E-state index contributed by atoms with van der Waals surface area (Å²) in [5, 5.41) is 0. The van der Waals surface area contributed by atoms with E-state index in [4.69, 9.17) is 4.42 Å². The fraction of sp³-hybridized carbons (Fsp3) is 0.545. The molecule has 0 spiro atoms. The Morgan fingerprint density at radius 3 is 2.24 bits per heavy atom. The molecule has 2 aliphatic rings. The van der Waals surface area contributed by atoms with Gasteiger partial charge in [-0.25, -0.2) is 0 Å². The number of fused-ring (bicyclic) bond motifs is 1. The lowest BCUT2D eigenvalue weighted by Gasteiger charge is -2.40. The number of halogens is 6. The molecule has 1 aromatic rings. The predicted octanol–water partition coefficient (Wildman–Crippen LogP) is 5.48. The quantitative estimate of drug-likeness (QED) is 0.233. The lowest BCUT2D eigenvalue weighted by atomic mass is 9.64. The molecule has 0 amide bonds. The molecule has 1 heterocycles. The van der Waals surface area contributed by atoms with Crippen LogP contribution in [0.4, 0.5) is 26.3 Å². The summed E-state index contributed by atoms with van der Waals surface area (Å²) in [5.41, 5.74) is -1.48. The molecule has 0 aliphatic heterocycles. The molecule has 3 atom stereocenters. The van der Waals surface area contributed by atoms with Gasteiger partial charge in [-0.05, 0) is 55.7 Å².